The molecule has 0 aromatic heterocycles. The zero-order valence-corrected chi connectivity index (χ0v) is 15.5. The Bertz CT molecular complexity index is 572. The summed E-state index contributed by atoms with van der Waals surface area (Å²) in [5.74, 6) is 0.239. The van der Waals surface area contributed by atoms with Crippen LogP contribution in [0.2, 0.25) is 5.02 Å². The monoisotopic (exact) mass is 368 g/mol. The smallest absolute Gasteiger partial charge is 0.230 e. The Labute approximate surface area is 155 Å². The van der Waals surface area contributed by atoms with Crippen molar-refractivity contribution in [1.29, 1.82) is 0 Å². The summed E-state index contributed by atoms with van der Waals surface area (Å²) in [5, 5.41) is 7.78. The largest absolute Gasteiger partial charge is 0.352 e. The molecule has 24 heavy (non-hydrogen) atoms. The van der Waals surface area contributed by atoms with E-state index in [1.165, 1.54) is 12.8 Å². The van der Waals surface area contributed by atoms with Gasteiger partial charge in [-0.25, -0.2) is 0 Å². The first-order valence-electron chi connectivity index (χ1n) is 8.99. The molecule has 132 valence electrons. The van der Waals surface area contributed by atoms with Crippen LogP contribution >= 0.6 is 24.0 Å². The number of amides is 1. The molecule has 1 saturated carbocycles. The van der Waals surface area contributed by atoms with E-state index >= 15 is 0 Å². The Morgan fingerprint density at radius 1 is 1.08 bits per heavy atom. The minimum Gasteiger partial charge on any atom is -0.352 e. The van der Waals surface area contributed by atoms with Crippen LogP contribution in [-0.4, -0.2) is 24.0 Å². The summed E-state index contributed by atoms with van der Waals surface area (Å²) in [6, 6.07) is 9.46. The zero-order chi connectivity index (χ0) is 15.9. The Hall–Kier alpha value is -0.770. The van der Waals surface area contributed by atoms with Crippen LogP contribution in [-0.2, 0) is 10.2 Å². The molecule has 5 heteroatoms. The highest BCUT2D eigenvalue weighted by Crippen LogP contribution is 2.42. The third kappa shape index (κ3) is 3.31. The highest BCUT2D eigenvalue weighted by molar-refractivity contribution is 6.30. The summed E-state index contributed by atoms with van der Waals surface area (Å²) >= 11 is 6.03. The summed E-state index contributed by atoms with van der Waals surface area (Å²) in [6.07, 6.45) is 8.87. The molecule has 3 fully saturated rings. The molecule has 4 rings (SSSR count). The van der Waals surface area contributed by atoms with Crippen molar-refractivity contribution >= 4 is 29.9 Å². The van der Waals surface area contributed by atoms with Gasteiger partial charge in [0.1, 0.15) is 0 Å². The minimum absolute atomic E-state index is 0. The first-order chi connectivity index (χ1) is 11.2. The Morgan fingerprint density at radius 2 is 1.67 bits per heavy atom. The van der Waals surface area contributed by atoms with Crippen LogP contribution in [0.3, 0.4) is 0 Å². The lowest BCUT2D eigenvalue weighted by atomic mass is 9.77. The minimum atomic E-state index is -0.339. The molecule has 0 spiro atoms. The summed E-state index contributed by atoms with van der Waals surface area (Å²) in [4.78, 5) is 13.2. The zero-order valence-electron chi connectivity index (χ0n) is 13.9. The number of rotatable bonds is 3. The number of hydrogen-bond donors (Lipinski definition) is 2. The Morgan fingerprint density at radius 3 is 2.25 bits per heavy atom. The van der Waals surface area contributed by atoms with Gasteiger partial charge in [0, 0.05) is 23.1 Å². The predicted octanol–water partition coefficient (Wildman–Crippen LogP) is 3.97. The van der Waals surface area contributed by atoms with Gasteiger partial charge in [-0.3, -0.25) is 4.79 Å². The maximum absolute atomic E-state index is 13.2. The van der Waals surface area contributed by atoms with Crippen molar-refractivity contribution in [2.24, 2.45) is 0 Å². The van der Waals surface area contributed by atoms with E-state index in [1.54, 1.807) is 0 Å². The first kappa shape index (κ1) is 18.0. The highest BCUT2D eigenvalue weighted by atomic mass is 35.5. The maximum Gasteiger partial charge on any atom is 0.230 e. The standard InChI is InChI=1S/C19H25ClN2O.ClH/c20-14-5-3-13(4-6-14)19(9-1-2-10-19)18(23)22-17-11-15-7-8-16(12-17)21-15;/h3-6,15-17,21H,1-2,7-12H2,(H,22,23);1H. The number of halogens is 2. The van der Waals surface area contributed by atoms with Crippen LogP contribution in [0.1, 0.15) is 56.9 Å². The molecule has 1 aromatic carbocycles. The molecule has 2 unspecified atom stereocenters. The molecule has 0 radical (unpaired) electrons. The molecule has 2 N–H and O–H groups in total. The SMILES string of the molecule is Cl.O=C(NC1CC2CCC(C1)N2)C1(c2ccc(Cl)cc2)CCCC1. The fraction of sp³-hybridized carbons (Fsp3) is 0.632. The normalized spacial score (nSPS) is 30.6. The van der Waals surface area contributed by atoms with Crippen LogP contribution in [0, 0.1) is 0 Å². The molecule has 1 amide bonds. The quantitative estimate of drug-likeness (QED) is 0.847. The summed E-state index contributed by atoms with van der Waals surface area (Å²) < 4.78 is 0. The molecule has 2 saturated heterocycles. The van der Waals surface area contributed by atoms with Crippen LogP contribution in [0.4, 0.5) is 0 Å². The van der Waals surface area contributed by atoms with E-state index in [0.717, 1.165) is 49.1 Å². The van der Waals surface area contributed by atoms with Crippen molar-refractivity contribution in [3.63, 3.8) is 0 Å². The van der Waals surface area contributed by atoms with E-state index in [0.29, 0.717) is 18.1 Å². The van der Waals surface area contributed by atoms with Crippen molar-refractivity contribution in [1.82, 2.24) is 10.6 Å². The van der Waals surface area contributed by atoms with Crippen molar-refractivity contribution in [3.8, 4) is 0 Å². The van der Waals surface area contributed by atoms with Gasteiger partial charge in [-0.2, -0.15) is 0 Å². The topological polar surface area (TPSA) is 41.1 Å². The van der Waals surface area contributed by atoms with Gasteiger partial charge in [0.15, 0.2) is 0 Å². The van der Waals surface area contributed by atoms with E-state index < -0.39 is 0 Å². The van der Waals surface area contributed by atoms with Gasteiger partial charge in [-0.15, -0.1) is 12.4 Å². The lowest BCUT2D eigenvalue weighted by Gasteiger charge is -2.34. The molecule has 1 aromatic rings. The number of piperidine rings is 1. The van der Waals surface area contributed by atoms with E-state index in [4.69, 9.17) is 11.6 Å². The van der Waals surface area contributed by atoms with Gasteiger partial charge >= 0.3 is 0 Å². The lowest BCUT2D eigenvalue weighted by molar-refractivity contribution is -0.127. The third-order valence-corrected chi connectivity index (χ3v) is 6.35. The molecule has 2 atom stereocenters. The maximum atomic E-state index is 13.2. The second-order valence-electron chi connectivity index (χ2n) is 7.58. The van der Waals surface area contributed by atoms with Crippen LogP contribution < -0.4 is 10.6 Å². The second kappa shape index (κ2) is 7.23. The molecule has 2 heterocycles. The average Bonchev–Trinajstić information content (AvgIpc) is 3.16. The lowest BCUT2D eigenvalue weighted by Crippen LogP contribution is -2.52. The number of fused-ring (bicyclic) bond motifs is 2. The van der Waals surface area contributed by atoms with Gasteiger partial charge in [0.2, 0.25) is 5.91 Å². The van der Waals surface area contributed by atoms with E-state index in [9.17, 15) is 4.79 Å². The number of nitrogens with one attached hydrogen (secondary N) is 2. The summed E-state index contributed by atoms with van der Waals surface area (Å²) in [6.45, 7) is 0. The van der Waals surface area contributed by atoms with Crippen molar-refractivity contribution in [2.45, 2.75) is 74.9 Å². The Kier molecular flexibility index (Phi) is 5.43. The predicted molar refractivity (Wildman–Crippen MR) is 100.0 cm³/mol. The molecular formula is C19H26Cl2N2O. The van der Waals surface area contributed by atoms with Gasteiger partial charge < -0.3 is 10.6 Å². The van der Waals surface area contributed by atoms with Gasteiger partial charge in [-0.05, 0) is 56.2 Å². The Balaban J connectivity index is 0.00000169. The van der Waals surface area contributed by atoms with Crippen LogP contribution in [0.5, 0.6) is 0 Å². The van der Waals surface area contributed by atoms with E-state index in [-0.39, 0.29) is 23.7 Å². The first-order valence-corrected chi connectivity index (χ1v) is 9.37. The second-order valence-corrected chi connectivity index (χ2v) is 8.01. The van der Waals surface area contributed by atoms with Crippen molar-refractivity contribution < 1.29 is 4.79 Å². The number of carbonyl (C=O) groups excluding carboxylic acids is 1. The van der Waals surface area contributed by atoms with Gasteiger partial charge in [-0.1, -0.05) is 36.6 Å². The molecule has 3 nitrogen and oxygen atoms in total. The fourth-order valence-corrected chi connectivity index (χ4v) is 5.02. The van der Waals surface area contributed by atoms with E-state index in [1.807, 2.05) is 24.3 Å². The molecule has 1 aliphatic carbocycles. The van der Waals surface area contributed by atoms with Crippen LogP contribution in [0.25, 0.3) is 0 Å². The van der Waals surface area contributed by atoms with Crippen LogP contribution in [0.15, 0.2) is 24.3 Å². The van der Waals surface area contributed by atoms with Gasteiger partial charge in [0.25, 0.3) is 0 Å². The van der Waals surface area contributed by atoms with E-state index in [2.05, 4.69) is 10.6 Å². The summed E-state index contributed by atoms with van der Waals surface area (Å²) in [7, 11) is 0. The number of benzene rings is 1. The van der Waals surface area contributed by atoms with Crippen molar-refractivity contribution in [2.75, 3.05) is 0 Å². The highest BCUT2D eigenvalue weighted by Gasteiger charge is 2.44. The summed E-state index contributed by atoms with van der Waals surface area (Å²) in [5.41, 5.74) is 0.794. The molecule has 2 bridgehead atoms. The number of carbonyl (C=O) groups is 1. The fourth-order valence-electron chi connectivity index (χ4n) is 4.89. The van der Waals surface area contributed by atoms with Gasteiger partial charge in [0.05, 0.1) is 5.41 Å². The number of hydrogen-bond acceptors (Lipinski definition) is 2. The average molecular weight is 369 g/mol. The molecule has 2 aliphatic heterocycles. The van der Waals surface area contributed by atoms with Crippen molar-refractivity contribution in [3.05, 3.63) is 34.9 Å². The third-order valence-electron chi connectivity index (χ3n) is 6.10. The molecular weight excluding hydrogens is 343 g/mol. The molecule has 3 aliphatic rings.